The van der Waals surface area contributed by atoms with Crippen LogP contribution in [-0.4, -0.2) is 50.9 Å². The van der Waals surface area contributed by atoms with Crippen LogP contribution in [0.4, 0.5) is 11.6 Å². The van der Waals surface area contributed by atoms with E-state index in [1.54, 1.807) is 43.6 Å². The van der Waals surface area contributed by atoms with E-state index in [-0.39, 0.29) is 35.3 Å². The average molecular weight is 630 g/mol. The summed E-state index contributed by atoms with van der Waals surface area (Å²) < 4.78 is 19.0. The minimum atomic E-state index is -1.10. The molecule has 0 saturated heterocycles. The second-order valence-electron chi connectivity index (χ2n) is 11.5. The van der Waals surface area contributed by atoms with Crippen LogP contribution >= 0.6 is 0 Å². The zero-order valence-corrected chi connectivity index (χ0v) is 26.1. The Labute approximate surface area is 266 Å². The fourth-order valence-corrected chi connectivity index (χ4v) is 5.69. The molecular weight excluding hydrogens is 590 g/mol. The lowest BCUT2D eigenvalue weighted by Gasteiger charge is -2.43. The number of anilines is 2. The maximum absolute atomic E-state index is 13.4. The lowest BCUT2D eigenvalue weighted by atomic mass is 9.82. The molecule has 5 rings (SSSR count). The summed E-state index contributed by atoms with van der Waals surface area (Å²) in [6, 6.07) is 8.21. The lowest BCUT2D eigenvalue weighted by molar-refractivity contribution is -0.159. The Balaban J connectivity index is 1.66. The van der Waals surface area contributed by atoms with Gasteiger partial charge >= 0.3 is 5.97 Å². The third-order valence-electron chi connectivity index (χ3n) is 8.31. The van der Waals surface area contributed by atoms with E-state index < -0.39 is 29.7 Å². The molecule has 0 aliphatic carbocycles. The number of nitrogens with one attached hydrogen (secondary N) is 1. The van der Waals surface area contributed by atoms with Gasteiger partial charge in [-0.25, -0.2) is 14.8 Å². The van der Waals surface area contributed by atoms with E-state index in [1.165, 1.54) is 0 Å². The monoisotopic (exact) mass is 629 g/mol. The lowest BCUT2D eigenvalue weighted by Crippen LogP contribution is -2.52. The predicted molar refractivity (Wildman–Crippen MR) is 173 cm³/mol. The van der Waals surface area contributed by atoms with Crippen LogP contribution < -0.4 is 26.9 Å². The van der Waals surface area contributed by atoms with Gasteiger partial charge in [0, 0.05) is 54.5 Å². The number of aromatic nitrogens is 2. The number of likely N-dealkylation sites (N-methyl/N-ethyl adjacent to an activating group) is 1. The number of hydrogen-bond donors (Lipinski definition) is 5. The molecule has 12 nitrogen and oxygen atoms in total. The van der Waals surface area contributed by atoms with Crippen LogP contribution in [-0.2, 0) is 35.4 Å². The van der Waals surface area contributed by atoms with Crippen molar-refractivity contribution in [3.63, 3.8) is 0 Å². The van der Waals surface area contributed by atoms with Crippen molar-refractivity contribution in [3.05, 3.63) is 92.6 Å². The van der Waals surface area contributed by atoms with Gasteiger partial charge < -0.3 is 40.9 Å². The third-order valence-corrected chi connectivity index (χ3v) is 8.31. The Bertz CT molecular complexity index is 1840. The van der Waals surface area contributed by atoms with Crippen LogP contribution in [0, 0.1) is 0 Å². The van der Waals surface area contributed by atoms with Crippen molar-refractivity contribution < 1.29 is 28.9 Å². The topological polar surface area (TPSA) is 196 Å². The summed E-state index contributed by atoms with van der Waals surface area (Å²) in [5, 5.41) is 24.5. The van der Waals surface area contributed by atoms with Crippen molar-refractivity contribution in [2.24, 2.45) is 0 Å². The largest absolute Gasteiger partial charge is 0.507 e. The van der Waals surface area contributed by atoms with Crippen molar-refractivity contribution in [2.45, 2.75) is 64.8 Å². The number of pyridine rings is 2. The molecule has 0 radical (unpaired) electrons. The van der Waals surface area contributed by atoms with Crippen LogP contribution in [0.1, 0.15) is 55.2 Å². The van der Waals surface area contributed by atoms with Gasteiger partial charge in [0.05, 0.1) is 0 Å². The van der Waals surface area contributed by atoms with Crippen LogP contribution in [0.25, 0.3) is 11.0 Å². The Morgan fingerprint density at radius 3 is 2.67 bits per heavy atom. The van der Waals surface area contributed by atoms with Crippen molar-refractivity contribution in [1.82, 2.24) is 15.3 Å². The normalized spacial score (nSPS) is 17.8. The maximum atomic E-state index is 13.4. The number of rotatable bonds is 11. The van der Waals surface area contributed by atoms with Gasteiger partial charge in [-0.3, -0.25) is 4.79 Å². The summed E-state index contributed by atoms with van der Waals surface area (Å²) in [4.78, 5) is 35.0. The SMILES string of the molecule is CC=C(CNCC)C(=O)OC1Cc2c(c(Cc3ccnc(N)c3)c3oc(CO)cc(=O)c3c2O)OC1(C)CCc1ccc(N)nc1. The minimum absolute atomic E-state index is 0.0353. The molecule has 0 saturated carbocycles. The van der Waals surface area contributed by atoms with Gasteiger partial charge in [-0.1, -0.05) is 19.1 Å². The number of nitrogen functional groups attached to an aromatic ring is 2. The van der Waals surface area contributed by atoms with E-state index in [9.17, 15) is 19.8 Å². The predicted octanol–water partition coefficient (Wildman–Crippen LogP) is 3.33. The second kappa shape index (κ2) is 13.6. The quantitative estimate of drug-likeness (QED) is 0.120. The highest BCUT2D eigenvalue weighted by Crippen LogP contribution is 2.48. The Morgan fingerprint density at radius 1 is 1.20 bits per heavy atom. The Kier molecular flexibility index (Phi) is 9.59. The molecule has 2 unspecified atom stereocenters. The molecular formula is C34H39N5O7. The number of carbonyl (C=O) groups excluding carboxylic acids is 1. The molecule has 46 heavy (non-hydrogen) atoms. The summed E-state index contributed by atoms with van der Waals surface area (Å²) in [6.45, 7) is 6.05. The van der Waals surface area contributed by atoms with Gasteiger partial charge in [-0.05, 0) is 62.6 Å². The number of benzene rings is 1. The van der Waals surface area contributed by atoms with Crippen LogP contribution in [0.3, 0.4) is 0 Å². The van der Waals surface area contributed by atoms with Gasteiger partial charge in [0.2, 0.25) is 0 Å². The molecule has 4 aromatic rings. The highest BCUT2D eigenvalue weighted by molar-refractivity contribution is 5.91. The van der Waals surface area contributed by atoms with E-state index in [2.05, 4.69) is 15.3 Å². The van der Waals surface area contributed by atoms with E-state index in [1.807, 2.05) is 19.9 Å². The van der Waals surface area contributed by atoms with E-state index in [0.717, 1.165) is 17.2 Å². The number of esters is 1. The van der Waals surface area contributed by atoms with Crippen molar-refractivity contribution in [2.75, 3.05) is 24.6 Å². The number of hydrogen-bond acceptors (Lipinski definition) is 12. The van der Waals surface area contributed by atoms with Crippen molar-refractivity contribution in [1.29, 1.82) is 0 Å². The smallest absolute Gasteiger partial charge is 0.335 e. The molecule has 0 amide bonds. The first-order chi connectivity index (χ1) is 22.1. The summed E-state index contributed by atoms with van der Waals surface area (Å²) in [5.41, 5.74) is 13.1. The number of phenols is 1. The molecule has 0 spiro atoms. The van der Waals surface area contributed by atoms with E-state index >= 15 is 0 Å². The number of aliphatic hydroxyl groups is 1. The van der Waals surface area contributed by atoms with Gasteiger partial charge in [0.1, 0.15) is 58.2 Å². The number of carbonyl (C=O) groups is 1. The number of aryl methyl sites for hydroxylation is 1. The zero-order valence-electron chi connectivity index (χ0n) is 26.1. The molecule has 1 aliphatic heterocycles. The first-order valence-electron chi connectivity index (χ1n) is 15.2. The zero-order chi connectivity index (χ0) is 33.0. The second-order valence-corrected chi connectivity index (χ2v) is 11.5. The molecule has 1 aliphatic rings. The standard InChI is InChI=1S/C34H39N5O7/c1-4-21(17-37-5-2)33(43)45-26-15-23-30(42)29-25(41)14-22(18-40)44-32(29)24(12-20-9-11-38-28(36)13-20)31(23)46-34(26,3)10-8-19-6-7-27(35)39-16-19/h4,6-7,9,11,13-14,16,26,37,40,42H,5,8,10,12,15,17-18H2,1-3H3,(H2,35,39)(H2,36,38). The number of fused-ring (bicyclic) bond motifs is 2. The fraction of sp³-hybridized carbons (Fsp3) is 0.353. The highest BCUT2D eigenvalue weighted by atomic mass is 16.6. The van der Waals surface area contributed by atoms with Gasteiger partial charge in [0.15, 0.2) is 5.43 Å². The van der Waals surface area contributed by atoms with Crippen molar-refractivity contribution in [3.8, 4) is 11.5 Å². The number of aliphatic hydroxyl groups excluding tert-OH is 1. The molecule has 7 N–H and O–H groups in total. The molecule has 242 valence electrons. The highest BCUT2D eigenvalue weighted by Gasteiger charge is 2.46. The van der Waals surface area contributed by atoms with Crippen molar-refractivity contribution >= 4 is 28.6 Å². The van der Waals surface area contributed by atoms with Gasteiger partial charge in [-0.2, -0.15) is 0 Å². The molecule has 12 heteroatoms. The molecule has 4 heterocycles. The first kappa shape index (κ1) is 32.5. The fourth-order valence-electron chi connectivity index (χ4n) is 5.69. The molecule has 0 bridgehead atoms. The molecule has 1 aromatic carbocycles. The van der Waals surface area contributed by atoms with Gasteiger partial charge in [0.25, 0.3) is 0 Å². The molecule has 2 atom stereocenters. The summed E-state index contributed by atoms with van der Waals surface area (Å²) >= 11 is 0. The Morgan fingerprint density at radius 2 is 2.00 bits per heavy atom. The van der Waals surface area contributed by atoms with Crippen LogP contribution in [0.2, 0.25) is 0 Å². The number of nitrogens with two attached hydrogens (primary N) is 2. The Hall–Kier alpha value is -4.94. The van der Waals surface area contributed by atoms with Crippen LogP contribution in [0.15, 0.2) is 63.6 Å². The number of allylic oxidation sites excluding steroid dienone is 1. The average Bonchev–Trinajstić information content (AvgIpc) is 3.03. The summed E-state index contributed by atoms with van der Waals surface area (Å²) in [7, 11) is 0. The number of aromatic hydroxyl groups is 1. The van der Waals surface area contributed by atoms with E-state index in [0.29, 0.717) is 60.0 Å². The molecule has 0 fully saturated rings. The van der Waals surface area contributed by atoms with E-state index in [4.69, 9.17) is 25.4 Å². The number of phenolic OH excluding ortho intramolecular Hbond substituents is 1. The first-order valence-corrected chi connectivity index (χ1v) is 15.2. The minimum Gasteiger partial charge on any atom is -0.507 e. The summed E-state index contributed by atoms with van der Waals surface area (Å²) in [6.07, 6.45) is 5.30. The number of nitrogens with zero attached hydrogens (tertiary/aromatic N) is 2. The molecule has 3 aromatic heterocycles. The number of ether oxygens (including phenoxy) is 2. The van der Waals surface area contributed by atoms with Gasteiger partial charge in [-0.15, -0.1) is 0 Å². The summed E-state index contributed by atoms with van der Waals surface area (Å²) in [5.74, 6) is 0.207. The van der Waals surface area contributed by atoms with Crippen LogP contribution in [0.5, 0.6) is 11.5 Å². The maximum Gasteiger partial charge on any atom is 0.335 e. The third kappa shape index (κ3) is 6.68.